The molecule has 100 valence electrons. The van der Waals surface area contributed by atoms with Crippen molar-refractivity contribution in [3.8, 4) is 0 Å². The third-order valence-electron chi connectivity index (χ3n) is 2.69. The van der Waals surface area contributed by atoms with Crippen LogP contribution in [0.4, 0.5) is 0 Å². The van der Waals surface area contributed by atoms with Crippen molar-refractivity contribution in [1.29, 1.82) is 0 Å². The Morgan fingerprint density at radius 1 is 1.18 bits per heavy atom. The van der Waals surface area contributed by atoms with Crippen LogP contribution < -0.4 is 0 Å². The van der Waals surface area contributed by atoms with E-state index in [2.05, 4.69) is 15.9 Å². The molecule has 0 saturated heterocycles. The molecule has 0 N–H and O–H groups in total. The van der Waals surface area contributed by atoms with Crippen molar-refractivity contribution in [3.05, 3.63) is 0 Å². The normalized spacial score (nSPS) is 12.4. The van der Waals surface area contributed by atoms with E-state index in [1.54, 1.807) is 11.9 Å². The Labute approximate surface area is 112 Å². The predicted molar refractivity (Wildman–Crippen MR) is 73.1 cm³/mol. The van der Waals surface area contributed by atoms with Crippen molar-refractivity contribution >= 4 is 27.7 Å². The van der Waals surface area contributed by atoms with Gasteiger partial charge in [0.05, 0.1) is 11.4 Å². The van der Waals surface area contributed by atoms with E-state index in [1.165, 1.54) is 4.90 Å². The molecule has 0 aliphatic heterocycles. The summed E-state index contributed by atoms with van der Waals surface area (Å²) in [6.45, 7) is 9.32. The topological polar surface area (TPSA) is 40.6 Å². The number of hydrogen-bond acceptors (Lipinski definition) is 2. The van der Waals surface area contributed by atoms with Gasteiger partial charge < -0.3 is 9.80 Å². The van der Waals surface area contributed by atoms with Gasteiger partial charge in [-0.25, -0.2) is 0 Å². The van der Waals surface area contributed by atoms with Crippen LogP contribution in [0.1, 0.15) is 27.7 Å². The fraction of sp³-hybridized carbons (Fsp3) is 0.833. The lowest BCUT2D eigenvalue weighted by Crippen LogP contribution is -2.44. The summed E-state index contributed by atoms with van der Waals surface area (Å²) < 4.78 is 0. The minimum absolute atomic E-state index is 0.00527. The third kappa shape index (κ3) is 5.06. The van der Waals surface area contributed by atoms with Crippen LogP contribution in [-0.2, 0) is 9.59 Å². The molecule has 0 aromatic rings. The quantitative estimate of drug-likeness (QED) is 0.701. The summed E-state index contributed by atoms with van der Waals surface area (Å²) in [6.07, 6.45) is 0. The summed E-state index contributed by atoms with van der Waals surface area (Å²) in [5, 5.41) is 0. The molecule has 0 radical (unpaired) electrons. The molecular weight excluding hydrogens is 284 g/mol. The van der Waals surface area contributed by atoms with Crippen LogP contribution in [0.3, 0.4) is 0 Å². The number of amides is 2. The molecule has 1 atom stereocenters. The standard InChI is InChI=1S/C12H23BrN2O2/c1-6-15(7-2)10(16)8-14(5)12(17)11(13)9(3)4/h9,11H,6-8H2,1-5H3. The van der Waals surface area contributed by atoms with Gasteiger partial charge in [0.25, 0.3) is 0 Å². The number of hydrogen-bond donors (Lipinski definition) is 0. The van der Waals surface area contributed by atoms with Gasteiger partial charge in [0.15, 0.2) is 0 Å². The zero-order chi connectivity index (χ0) is 13.6. The largest absolute Gasteiger partial charge is 0.342 e. The summed E-state index contributed by atoms with van der Waals surface area (Å²) in [5.74, 6) is 0.170. The highest BCUT2D eigenvalue weighted by Gasteiger charge is 2.24. The molecule has 17 heavy (non-hydrogen) atoms. The first kappa shape index (κ1) is 16.4. The van der Waals surface area contributed by atoms with Gasteiger partial charge in [-0.2, -0.15) is 0 Å². The number of carbonyl (C=O) groups excluding carboxylic acids is 2. The van der Waals surface area contributed by atoms with Crippen molar-refractivity contribution < 1.29 is 9.59 Å². The summed E-state index contributed by atoms with van der Waals surface area (Å²) in [5.41, 5.74) is 0. The third-order valence-corrected chi connectivity index (χ3v) is 4.14. The lowest BCUT2D eigenvalue weighted by atomic mass is 10.1. The maximum atomic E-state index is 11.9. The molecule has 0 rings (SSSR count). The van der Waals surface area contributed by atoms with Gasteiger partial charge in [0.1, 0.15) is 0 Å². The molecule has 4 nitrogen and oxygen atoms in total. The monoisotopic (exact) mass is 306 g/mol. The highest BCUT2D eigenvalue weighted by Crippen LogP contribution is 2.14. The van der Waals surface area contributed by atoms with Crippen molar-refractivity contribution in [2.24, 2.45) is 5.92 Å². The van der Waals surface area contributed by atoms with E-state index in [9.17, 15) is 9.59 Å². The SMILES string of the molecule is CCN(CC)C(=O)CN(C)C(=O)C(Br)C(C)C. The van der Waals surface area contributed by atoms with Crippen LogP contribution in [0, 0.1) is 5.92 Å². The molecule has 0 bridgehead atoms. The van der Waals surface area contributed by atoms with Gasteiger partial charge in [-0.3, -0.25) is 9.59 Å². The number of nitrogens with zero attached hydrogens (tertiary/aromatic N) is 2. The lowest BCUT2D eigenvalue weighted by molar-refractivity contribution is -0.139. The van der Waals surface area contributed by atoms with E-state index in [-0.39, 0.29) is 29.1 Å². The van der Waals surface area contributed by atoms with Crippen molar-refractivity contribution in [2.45, 2.75) is 32.5 Å². The molecule has 0 spiro atoms. The summed E-state index contributed by atoms with van der Waals surface area (Å²) >= 11 is 3.35. The van der Waals surface area contributed by atoms with E-state index in [0.717, 1.165) is 0 Å². The Morgan fingerprint density at radius 2 is 1.65 bits per heavy atom. The zero-order valence-electron chi connectivity index (χ0n) is 11.4. The minimum atomic E-state index is -0.225. The van der Waals surface area contributed by atoms with Gasteiger partial charge in [0.2, 0.25) is 11.8 Å². The summed E-state index contributed by atoms with van der Waals surface area (Å²) in [7, 11) is 1.67. The Bertz CT molecular complexity index is 265. The van der Waals surface area contributed by atoms with Crippen molar-refractivity contribution in [1.82, 2.24) is 9.80 Å². The van der Waals surface area contributed by atoms with Crippen LogP contribution >= 0.6 is 15.9 Å². The molecular formula is C12H23BrN2O2. The molecule has 0 aliphatic rings. The fourth-order valence-electron chi connectivity index (χ4n) is 1.45. The molecule has 0 fully saturated rings. The molecule has 1 unspecified atom stereocenters. The van der Waals surface area contributed by atoms with E-state index in [4.69, 9.17) is 0 Å². The number of alkyl halides is 1. The van der Waals surface area contributed by atoms with Gasteiger partial charge >= 0.3 is 0 Å². The highest BCUT2D eigenvalue weighted by atomic mass is 79.9. The molecule has 0 aliphatic carbocycles. The molecule has 2 amide bonds. The molecule has 0 heterocycles. The average molecular weight is 307 g/mol. The number of halogens is 1. The van der Waals surface area contributed by atoms with Gasteiger partial charge in [-0.15, -0.1) is 0 Å². The second kappa shape index (κ2) is 7.69. The maximum Gasteiger partial charge on any atom is 0.242 e. The van der Waals surface area contributed by atoms with Crippen LogP contribution in [0.2, 0.25) is 0 Å². The van der Waals surface area contributed by atoms with E-state index in [1.807, 2.05) is 27.7 Å². The van der Waals surface area contributed by atoms with Crippen LogP contribution in [0.25, 0.3) is 0 Å². The predicted octanol–water partition coefficient (Wildman–Crippen LogP) is 1.73. The zero-order valence-corrected chi connectivity index (χ0v) is 13.0. The van der Waals surface area contributed by atoms with Crippen LogP contribution in [0.5, 0.6) is 0 Å². The molecule has 0 aromatic carbocycles. The number of rotatable bonds is 6. The molecule has 5 heteroatoms. The van der Waals surface area contributed by atoms with Gasteiger partial charge in [-0.05, 0) is 19.8 Å². The average Bonchev–Trinajstić information content (AvgIpc) is 2.28. The lowest BCUT2D eigenvalue weighted by Gasteiger charge is -2.25. The van der Waals surface area contributed by atoms with Crippen molar-refractivity contribution in [2.75, 3.05) is 26.7 Å². The van der Waals surface area contributed by atoms with Gasteiger partial charge in [0, 0.05) is 20.1 Å². The smallest absolute Gasteiger partial charge is 0.242 e. The molecule has 0 saturated carbocycles. The van der Waals surface area contributed by atoms with E-state index < -0.39 is 0 Å². The number of carbonyl (C=O) groups is 2. The maximum absolute atomic E-state index is 11.9. The Hall–Kier alpha value is -0.580. The molecule has 0 aromatic heterocycles. The fourth-order valence-corrected chi connectivity index (χ4v) is 1.80. The summed E-state index contributed by atoms with van der Waals surface area (Å²) in [4.78, 5) is 26.7. The van der Waals surface area contributed by atoms with E-state index in [0.29, 0.717) is 13.1 Å². The first-order chi connectivity index (χ1) is 7.84. The Kier molecular flexibility index (Phi) is 7.43. The first-order valence-electron chi connectivity index (χ1n) is 6.01. The second-order valence-electron chi connectivity index (χ2n) is 4.41. The summed E-state index contributed by atoms with van der Waals surface area (Å²) in [6, 6.07) is 0. The van der Waals surface area contributed by atoms with E-state index >= 15 is 0 Å². The minimum Gasteiger partial charge on any atom is -0.342 e. The Balaban J connectivity index is 4.39. The Morgan fingerprint density at radius 3 is 2.00 bits per heavy atom. The highest BCUT2D eigenvalue weighted by molar-refractivity contribution is 9.10. The van der Waals surface area contributed by atoms with Crippen LogP contribution in [0.15, 0.2) is 0 Å². The first-order valence-corrected chi connectivity index (χ1v) is 6.93. The van der Waals surface area contributed by atoms with Crippen LogP contribution in [-0.4, -0.2) is 53.1 Å². The number of likely N-dealkylation sites (N-methyl/N-ethyl adjacent to an activating group) is 2. The van der Waals surface area contributed by atoms with Gasteiger partial charge in [-0.1, -0.05) is 29.8 Å². The second-order valence-corrected chi connectivity index (χ2v) is 5.39. The van der Waals surface area contributed by atoms with Crippen molar-refractivity contribution in [3.63, 3.8) is 0 Å².